The summed E-state index contributed by atoms with van der Waals surface area (Å²) in [5.41, 5.74) is 10.4. The largest absolute Gasteiger partial charge is 0.398 e. The Kier molecular flexibility index (Phi) is 2.30. The lowest BCUT2D eigenvalue weighted by molar-refractivity contribution is 1.46. The minimum atomic E-state index is 0.871. The third-order valence-corrected chi connectivity index (χ3v) is 3.47. The maximum Gasteiger partial charge on any atom is 0.0372 e. The molecule has 1 aromatic carbocycles. The fraction of sp³-hybridized carbons (Fsp3) is 0.167. The molecule has 2 N–H and O–H groups in total. The van der Waals surface area contributed by atoms with E-state index in [2.05, 4.69) is 30.5 Å². The molecule has 0 spiro atoms. The molecule has 0 saturated carbocycles. The van der Waals surface area contributed by atoms with Crippen LogP contribution in [0.25, 0.3) is 10.4 Å². The number of hydrogen-bond acceptors (Lipinski definition) is 2. The molecule has 0 unspecified atom stereocenters. The van der Waals surface area contributed by atoms with Crippen LogP contribution < -0.4 is 5.73 Å². The molecule has 1 heterocycles. The van der Waals surface area contributed by atoms with E-state index in [1.807, 2.05) is 13.0 Å². The van der Waals surface area contributed by atoms with Crippen LogP contribution in [-0.2, 0) is 0 Å². The molecule has 0 radical (unpaired) electrons. The van der Waals surface area contributed by atoms with Gasteiger partial charge in [0.25, 0.3) is 0 Å². The molecule has 2 heteroatoms. The smallest absolute Gasteiger partial charge is 0.0372 e. The predicted octanol–water partition coefficient (Wildman–Crippen LogP) is 3.61. The molecule has 1 nitrogen and oxygen atoms in total. The first kappa shape index (κ1) is 9.28. The molecule has 0 bridgehead atoms. The van der Waals surface area contributed by atoms with Crippen LogP contribution in [0.15, 0.2) is 29.6 Å². The molecular formula is C12H13NS. The van der Waals surface area contributed by atoms with Crippen molar-refractivity contribution in [2.75, 3.05) is 5.73 Å². The number of hydrogen-bond donors (Lipinski definition) is 1. The highest BCUT2D eigenvalue weighted by Crippen LogP contribution is 2.30. The highest BCUT2D eigenvalue weighted by atomic mass is 32.1. The summed E-state index contributed by atoms with van der Waals surface area (Å²) < 4.78 is 0. The quantitative estimate of drug-likeness (QED) is 0.704. The molecule has 2 rings (SSSR count). The van der Waals surface area contributed by atoms with E-state index in [0.29, 0.717) is 0 Å². The molecule has 0 aliphatic heterocycles. The van der Waals surface area contributed by atoms with Crippen molar-refractivity contribution in [2.45, 2.75) is 13.8 Å². The molecule has 0 atom stereocenters. The summed E-state index contributed by atoms with van der Waals surface area (Å²) in [5.74, 6) is 0. The van der Waals surface area contributed by atoms with Crippen LogP contribution in [0.1, 0.15) is 11.1 Å². The standard InChI is InChI=1S/C12H13NS/c1-8-3-4-10(7-11(8)13)12-9(2)5-6-14-12/h3-7H,13H2,1-2H3. The van der Waals surface area contributed by atoms with Crippen molar-refractivity contribution in [1.82, 2.24) is 0 Å². The van der Waals surface area contributed by atoms with Gasteiger partial charge >= 0.3 is 0 Å². The van der Waals surface area contributed by atoms with Crippen molar-refractivity contribution < 1.29 is 0 Å². The normalized spacial score (nSPS) is 10.4. The summed E-state index contributed by atoms with van der Waals surface area (Å²) in [6.45, 7) is 4.16. The van der Waals surface area contributed by atoms with Gasteiger partial charge in [-0.3, -0.25) is 0 Å². The van der Waals surface area contributed by atoms with Crippen molar-refractivity contribution >= 4 is 17.0 Å². The van der Waals surface area contributed by atoms with Gasteiger partial charge in [0, 0.05) is 10.6 Å². The van der Waals surface area contributed by atoms with Gasteiger partial charge in [-0.25, -0.2) is 0 Å². The number of nitrogen functional groups attached to an aromatic ring is 1. The van der Waals surface area contributed by atoms with E-state index in [9.17, 15) is 0 Å². The molecular weight excluding hydrogens is 190 g/mol. The third kappa shape index (κ3) is 1.53. The van der Waals surface area contributed by atoms with E-state index in [1.165, 1.54) is 16.0 Å². The predicted molar refractivity (Wildman–Crippen MR) is 63.6 cm³/mol. The Morgan fingerprint density at radius 2 is 1.86 bits per heavy atom. The van der Waals surface area contributed by atoms with Gasteiger partial charge in [0.1, 0.15) is 0 Å². The Bertz CT molecular complexity index is 457. The van der Waals surface area contributed by atoms with Crippen LogP contribution in [0.2, 0.25) is 0 Å². The summed E-state index contributed by atoms with van der Waals surface area (Å²) in [6.07, 6.45) is 0. The first-order valence-corrected chi connectivity index (χ1v) is 5.47. The first-order chi connectivity index (χ1) is 6.68. The minimum absolute atomic E-state index is 0.871. The summed E-state index contributed by atoms with van der Waals surface area (Å²) in [6, 6.07) is 8.39. The molecule has 0 aliphatic rings. The summed E-state index contributed by atoms with van der Waals surface area (Å²) in [4.78, 5) is 1.32. The van der Waals surface area contributed by atoms with E-state index in [1.54, 1.807) is 11.3 Å². The second kappa shape index (κ2) is 3.46. The van der Waals surface area contributed by atoms with Gasteiger partial charge in [-0.15, -0.1) is 11.3 Å². The van der Waals surface area contributed by atoms with Gasteiger partial charge in [0.15, 0.2) is 0 Å². The van der Waals surface area contributed by atoms with Gasteiger partial charge in [-0.2, -0.15) is 0 Å². The lowest BCUT2D eigenvalue weighted by Crippen LogP contribution is -1.89. The van der Waals surface area contributed by atoms with Gasteiger partial charge in [-0.1, -0.05) is 12.1 Å². The Morgan fingerprint density at radius 1 is 1.07 bits per heavy atom. The van der Waals surface area contributed by atoms with Crippen LogP contribution in [0, 0.1) is 13.8 Å². The number of nitrogens with two attached hydrogens (primary N) is 1. The summed E-state index contributed by atoms with van der Waals surface area (Å²) >= 11 is 1.76. The third-order valence-electron chi connectivity index (χ3n) is 2.40. The highest BCUT2D eigenvalue weighted by molar-refractivity contribution is 7.13. The number of thiophene rings is 1. The number of benzene rings is 1. The van der Waals surface area contributed by atoms with Crippen LogP contribution in [-0.4, -0.2) is 0 Å². The van der Waals surface area contributed by atoms with E-state index >= 15 is 0 Å². The van der Waals surface area contributed by atoms with E-state index in [4.69, 9.17) is 5.73 Å². The zero-order valence-electron chi connectivity index (χ0n) is 8.37. The summed E-state index contributed by atoms with van der Waals surface area (Å²) in [5, 5.41) is 2.11. The van der Waals surface area contributed by atoms with E-state index in [-0.39, 0.29) is 0 Å². The number of rotatable bonds is 1. The second-order valence-corrected chi connectivity index (χ2v) is 4.42. The molecule has 0 fully saturated rings. The fourth-order valence-corrected chi connectivity index (χ4v) is 2.38. The van der Waals surface area contributed by atoms with Crippen molar-refractivity contribution in [3.05, 3.63) is 40.8 Å². The van der Waals surface area contributed by atoms with E-state index in [0.717, 1.165) is 11.3 Å². The SMILES string of the molecule is Cc1ccc(-c2sccc2C)cc1N. The number of anilines is 1. The molecule has 1 aromatic heterocycles. The lowest BCUT2D eigenvalue weighted by Gasteiger charge is -2.04. The van der Waals surface area contributed by atoms with Gasteiger partial charge in [-0.05, 0) is 48.1 Å². The minimum Gasteiger partial charge on any atom is -0.398 e. The topological polar surface area (TPSA) is 26.0 Å². The van der Waals surface area contributed by atoms with Crippen LogP contribution in [0.5, 0.6) is 0 Å². The van der Waals surface area contributed by atoms with Crippen molar-refractivity contribution in [1.29, 1.82) is 0 Å². The monoisotopic (exact) mass is 203 g/mol. The van der Waals surface area contributed by atoms with Gasteiger partial charge < -0.3 is 5.73 Å². The zero-order chi connectivity index (χ0) is 10.1. The summed E-state index contributed by atoms with van der Waals surface area (Å²) in [7, 11) is 0. The van der Waals surface area contributed by atoms with Crippen molar-refractivity contribution in [3.8, 4) is 10.4 Å². The second-order valence-electron chi connectivity index (χ2n) is 3.50. The maximum absolute atomic E-state index is 5.88. The van der Waals surface area contributed by atoms with Crippen LogP contribution in [0.4, 0.5) is 5.69 Å². The lowest BCUT2D eigenvalue weighted by atomic mass is 10.1. The maximum atomic E-state index is 5.88. The Labute approximate surface area is 88.2 Å². The number of aryl methyl sites for hydroxylation is 2. The Morgan fingerprint density at radius 3 is 2.43 bits per heavy atom. The van der Waals surface area contributed by atoms with Crippen molar-refractivity contribution in [2.24, 2.45) is 0 Å². The van der Waals surface area contributed by atoms with Crippen LogP contribution in [0.3, 0.4) is 0 Å². The average Bonchev–Trinajstić information content (AvgIpc) is 2.57. The first-order valence-electron chi connectivity index (χ1n) is 4.59. The Balaban J connectivity index is 2.53. The fourth-order valence-electron chi connectivity index (χ4n) is 1.45. The average molecular weight is 203 g/mol. The molecule has 2 aromatic rings. The molecule has 0 amide bonds. The van der Waals surface area contributed by atoms with Gasteiger partial charge in [0.2, 0.25) is 0 Å². The van der Waals surface area contributed by atoms with Crippen LogP contribution >= 0.6 is 11.3 Å². The molecule has 0 aliphatic carbocycles. The molecule has 14 heavy (non-hydrogen) atoms. The molecule has 0 saturated heterocycles. The Hall–Kier alpha value is -1.28. The highest BCUT2D eigenvalue weighted by Gasteiger charge is 2.04. The zero-order valence-corrected chi connectivity index (χ0v) is 9.19. The van der Waals surface area contributed by atoms with E-state index < -0.39 is 0 Å². The molecule has 72 valence electrons. The van der Waals surface area contributed by atoms with Crippen molar-refractivity contribution in [3.63, 3.8) is 0 Å². The van der Waals surface area contributed by atoms with Gasteiger partial charge in [0.05, 0.1) is 0 Å².